The van der Waals surface area contributed by atoms with E-state index in [1.54, 1.807) is 6.07 Å². The lowest BCUT2D eigenvalue weighted by atomic mass is 10.0. The molecule has 1 amide bonds. The maximum atomic E-state index is 12.1. The van der Waals surface area contributed by atoms with Crippen LogP contribution in [0.25, 0.3) is 0 Å². The molecule has 1 fully saturated rings. The summed E-state index contributed by atoms with van der Waals surface area (Å²) in [6.07, 6.45) is 1.30. The Morgan fingerprint density at radius 1 is 1.35 bits per heavy atom. The highest BCUT2D eigenvalue weighted by Gasteiger charge is 2.31. The molecule has 0 spiro atoms. The Morgan fingerprint density at radius 2 is 2.05 bits per heavy atom. The highest BCUT2D eigenvalue weighted by molar-refractivity contribution is 7.92. The molecule has 1 unspecified atom stereocenters. The second-order valence-corrected chi connectivity index (χ2v) is 7.77. The number of carbonyl (C=O) groups is 1. The van der Waals surface area contributed by atoms with E-state index < -0.39 is 15.1 Å². The van der Waals surface area contributed by atoms with Gasteiger partial charge in [0.25, 0.3) is 5.91 Å². The number of sulfone groups is 1. The Bertz CT molecular complexity index is 638. The summed E-state index contributed by atoms with van der Waals surface area (Å²) >= 11 is 0. The van der Waals surface area contributed by atoms with Gasteiger partial charge in [-0.1, -0.05) is 6.07 Å². The van der Waals surface area contributed by atoms with Crippen molar-refractivity contribution in [1.82, 2.24) is 5.32 Å². The average Bonchev–Trinajstić information content (AvgIpc) is 2.70. The summed E-state index contributed by atoms with van der Waals surface area (Å²) in [6.45, 7) is 3.90. The van der Waals surface area contributed by atoms with Crippen molar-refractivity contribution in [3.05, 3.63) is 28.8 Å². The Morgan fingerprint density at radius 3 is 2.65 bits per heavy atom. The normalized spacial score (nSPS) is 20.8. The number of hydrogen-bond donors (Lipinski definition) is 2. The van der Waals surface area contributed by atoms with Gasteiger partial charge in [-0.15, -0.1) is 0 Å². The van der Waals surface area contributed by atoms with E-state index in [0.717, 1.165) is 11.1 Å². The fourth-order valence-electron chi connectivity index (χ4n) is 2.50. The molecule has 0 aliphatic carbocycles. The molecule has 110 valence electrons. The molecule has 2 rings (SSSR count). The lowest BCUT2D eigenvalue weighted by molar-refractivity contribution is 0.0953. The van der Waals surface area contributed by atoms with Crippen LogP contribution in [0.5, 0.6) is 0 Å². The molecule has 5 nitrogen and oxygen atoms in total. The lowest BCUT2D eigenvalue weighted by Crippen LogP contribution is -2.34. The van der Waals surface area contributed by atoms with Crippen LogP contribution in [0.15, 0.2) is 12.1 Å². The van der Waals surface area contributed by atoms with Gasteiger partial charge in [0.05, 0.1) is 11.0 Å². The topological polar surface area (TPSA) is 89.3 Å². The van der Waals surface area contributed by atoms with Crippen LogP contribution in [0.1, 0.15) is 34.3 Å². The molecule has 1 aliphatic heterocycles. The van der Waals surface area contributed by atoms with Crippen molar-refractivity contribution < 1.29 is 13.2 Å². The number of nitrogens with one attached hydrogen (secondary N) is 1. The van der Waals surface area contributed by atoms with Crippen molar-refractivity contribution in [3.8, 4) is 0 Å². The van der Waals surface area contributed by atoms with Crippen molar-refractivity contribution in [1.29, 1.82) is 0 Å². The summed E-state index contributed by atoms with van der Waals surface area (Å²) in [6, 6.07) is 3.50. The maximum absolute atomic E-state index is 12.1. The molecule has 1 atom stereocenters. The van der Waals surface area contributed by atoms with E-state index in [1.165, 1.54) is 0 Å². The predicted octanol–water partition coefficient (Wildman–Crippen LogP) is 1.19. The Labute approximate surface area is 119 Å². The van der Waals surface area contributed by atoms with Gasteiger partial charge in [-0.3, -0.25) is 4.79 Å². The van der Waals surface area contributed by atoms with E-state index in [9.17, 15) is 13.2 Å². The molecule has 0 aromatic heterocycles. The van der Waals surface area contributed by atoms with Gasteiger partial charge in [0.2, 0.25) is 0 Å². The largest absolute Gasteiger partial charge is 0.398 e. The molecule has 20 heavy (non-hydrogen) atoms. The highest BCUT2D eigenvalue weighted by atomic mass is 32.2. The zero-order valence-electron chi connectivity index (χ0n) is 11.8. The van der Waals surface area contributed by atoms with Crippen LogP contribution in [0.3, 0.4) is 0 Å². The smallest absolute Gasteiger partial charge is 0.251 e. The molecule has 6 heteroatoms. The van der Waals surface area contributed by atoms with Gasteiger partial charge in [-0.2, -0.15) is 0 Å². The number of amides is 1. The van der Waals surface area contributed by atoms with Gasteiger partial charge < -0.3 is 11.1 Å². The van der Waals surface area contributed by atoms with Crippen LogP contribution in [0.2, 0.25) is 0 Å². The molecule has 0 saturated carbocycles. The Balaban J connectivity index is 2.08. The standard InChI is InChI=1S/C14H20N2O3S/c1-9-6-10(2)13(15)7-12(9)14(17)16-8-11-4-3-5-20(11,18)19/h6-7,11H,3-5,8,15H2,1-2H3,(H,16,17). The lowest BCUT2D eigenvalue weighted by Gasteiger charge is -2.13. The third-order valence-corrected chi connectivity index (χ3v) is 6.09. The van der Waals surface area contributed by atoms with Crippen LogP contribution in [-0.2, 0) is 9.84 Å². The summed E-state index contributed by atoms with van der Waals surface area (Å²) in [5.74, 6) is -0.0411. The Kier molecular flexibility index (Phi) is 4.04. The van der Waals surface area contributed by atoms with Crippen molar-refractivity contribution >= 4 is 21.4 Å². The summed E-state index contributed by atoms with van der Waals surface area (Å²) in [4.78, 5) is 12.1. The third kappa shape index (κ3) is 2.95. The zero-order chi connectivity index (χ0) is 14.9. The number of hydrogen-bond acceptors (Lipinski definition) is 4. The molecule has 1 aliphatic rings. The first kappa shape index (κ1) is 14.8. The minimum atomic E-state index is -3.03. The highest BCUT2D eigenvalue weighted by Crippen LogP contribution is 2.20. The summed E-state index contributed by atoms with van der Waals surface area (Å²) < 4.78 is 23.4. The van der Waals surface area contributed by atoms with E-state index in [1.807, 2.05) is 19.9 Å². The summed E-state index contributed by atoms with van der Waals surface area (Å²) in [5, 5.41) is 2.26. The van der Waals surface area contributed by atoms with Crippen molar-refractivity contribution in [2.75, 3.05) is 18.0 Å². The minimum Gasteiger partial charge on any atom is -0.398 e. The molecule has 1 heterocycles. The van der Waals surface area contributed by atoms with Crippen LogP contribution >= 0.6 is 0 Å². The summed E-state index contributed by atoms with van der Waals surface area (Å²) in [7, 11) is -3.03. The van der Waals surface area contributed by atoms with Gasteiger partial charge in [0, 0.05) is 17.8 Å². The molecular weight excluding hydrogens is 276 g/mol. The van der Waals surface area contributed by atoms with Gasteiger partial charge in [0.15, 0.2) is 9.84 Å². The number of rotatable bonds is 3. The fraction of sp³-hybridized carbons (Fsp3) is 0.500. The number of carbonyl (C=O) groups excluding carboxylic acids is 1. The van der Waals surface area contributed by atoms with Gasteiger partial charge in [0.1, 0.15) is 0 Å². The SMILES string of the molecule is Cc1cc(C)c(C(=O)NCC2CCCS2(=O)=O)cc1N. The second kappa shape index (κ2) is 5.44. The van der Waals surface area contributed by atoms with Crippen LogP contribution in [0, 0.1) is 13.8 Å². The van der Waals surface area contributed by atoms with Crippen LogP contribution in [-0.4, -0.2) is 31.9 Å². The number of nitrogen functional groups attached to an aromatic ring is 1. The second-order valence-electron chi connectivity index (χ2n) is 5.36. The molecule has 1 aromatic carbocycles. The van der Waals surface area contributed by atoms with Gasteiger partial charge >= 0.3 is 0 Å². The number of aryl methyl sites for hydroxylation is 2. The van der Waals surface area contributed by atoms with E-state index in [0.29, 0.717) is 24.1 Å². The molecule has 0 bridgehead atoms. The predicted molar refractivity (Wildman–Crippen MR) is 79.5 cm³/mol. The van der Waals surface area contributed by atoms with E-state index in [4.69, 9.17) is 5.73 Å². The van der Waals surface area contributed by atoms with Crippen LogP contribution in [0.4, 0.5) is 5.69 Å². The van der Waals surface area contributed by atoms with Gasteiger partial charge in [-0.05, 0) is 43.9 Å². The Hall–Kier alpha value is -1.56. The first-order chi connectivity index (χ1) is 9.31. The van der Waals surface area contributed by atoms with Gasteiger partial charge in [-0.25, -0.2) is 8.42 Å². The molecule has 1 aromatic rings. The summed E-state index contributed by atoms with van der Waals surface area (Å²) in [5.41, 5.74) is 8.64. The molecule has 3 N–H and O–H groups in total. The number of anilines is 1. The van der Waals surface area contributed by atoms with Crippen molar-refractivity contribution in [3.63, 3.8) is 0 Å². The number of nitrogens with two attached hydrogens (primary N) is 1. The monoisotopic (exact) mass is 296 g/mol. The third-order valence-electron chi connectivity index (χ3n) is 3.81. The van der Waals surface area contributed by atoms with Crippen LogP contribution < -0.4 is 11.1 Å². The minimum absolute atomic E-state index is 0.175. The molecule has 0 radical (unpaired) electrons. The zero-order valence-corrected chi connectivity index (χ0v) is 12.6. The number of benzene rings is 1. The van der Waals surface area contributed by atoms with Crippen molar-refractivity contribution in [2.24, 2.45) is 0 Å². The first-order valence-electron chi connectivity index (χ1n) is 6.68. The average molecular weight is 296 g/mol. The quantitative estimate of drug-likeness (QED) is 0.820. The molecule has 1 saturated heterocycles. The van der Waals surface area contributed by atoms with E-state index in [2.05, 4.69) is 5.32 Å². The maximum Gasteiger partial charge on any atom is 0.251 e. The first-order valence-corrected chi connectivity index (χ1v) is 8.39. The fourth-order valence-corrected chi connectivity index (χ4v) is 4.27. The molecular formula is C14H20N2O3S. The van der Waals surface area contributed by atoms with E-state index >= 15 is 0 Å². The van der Waals surface area contributed by atoms with Crippen molar-refractivity contribution in [2.45, 2.75) is 31.9 Å². The van der Waals surface area contributed by atoms with E-state index in [-0.39, 0.29) is 18.2 Å².